The van der Waals surface area contributed by atoms with Gasteiger partial charge in [-0.05, 0) is 47.2 Å². The fraction of sp³-hybridized carbons (Fsp3) is 0.308. The van der Waals surface area contributed by atoms with Crippen LogP contribution in [0, 0.1) is 3.57 Å². The fourth-order valence-electron chi connectivity index (χ4n) is 1.42. The Labute approximate surface area is 129 Å². The van der Waals surface area contributed by atoms with Crippen molar-refractivity contribution in [1.29, 1.82) is 0 Å². The second-order valence-electron chi connectivity index (χ2n) is 3.58. The number of carbonyl (C=O) groups excluding carboxylic acids is 1. The van der Waals surface area contributed by atoms with Crippen molar-refractivity contribution in [3.63, 3.8) is 0 Å². The first kappa shape index (κ1) is 15.5. The molecule has 0 aliphatic heterocycles. The van der Waals surface area contributed by atoms with Gasteiger partial charge < -0.3 is 10.1 Å². The lowest BCUT2D eigenvalue weighted by Crippen LogP contribution is -2.07. The van der Waals surface area contributed by atoms with Crippen LogP contribution in [0.5, 0.6) is 0 Å². The molecule has 5 heteroatoms. The van der Waals surface area contributed by atoms with E-state index in [1.807, 2.05) is 31.2 Å². The Bertz CT molecular complexity index is 460. The van der Waals surface area contributed by atoms with E-state index in [0.717, 1.165) is 13.7 Å². The van der Waals surface area contributed by atoms with E-state index in [2.05, 4.69) is 43.8 Å². The first-order chi connectivity index (χ1) is 8.58. The second-order valence-corrected chi connectivity index (χ2v) is 5.66. The predicted molar refractivity (Wildman–Crippen MR) is 85.7 cm³/mol. The molecule has 0 atom stereocenters. The van der Waals surface area contributed by atoms with Crippen LogP contribution >= 0.6 is 38.5 Å². The highest BCUT2D eigenvalue weighted by molar-refractivity contribution is 14.1. The third-order valence-corrected chi connectivity index (χ3v) is 3.83. The molecule has 1 aromatic rings. The van der Waals surface area contributed by atoms with E-state index >= 15 is 0 Å². The minimum Gasteiger partial charge on any atom is -0.466 e. The van der Waals surface area contributed by atoms with Gasteiger partial charge in [0.05, 0.1) is 7.11 Å². The zero-order valence-corrected chi connectivity index (χ0v) is 14.0. The molecule has 1 rings (SSSR count). The second kappa shape index (κ2) is 7.78. The number of carbonyl (C=O) groups is 1. The number of halogens is 2. The van der Waals surface area contributed by atoms with Gasteiger partial charge in [0.25, 0.3) is 0 Å². The molecule has 0 aliphatic rings. The summed E-state index contributed by atoms with van der Waals surface area (Å²) in [7, 11) is 1.40. The molecule has 98 valence electrons. The number of hydrogen-bond acceptors (Lipinski definition) is 3. The number of hydrogen-bond donors (Lipinski definition) is 1. The molecule has 3 nitrogen and oxygen atoms in total. The summed E-state index contributed by atoms with van der Waals surface area (Å²) in [6.07, 6.45) is 2.53. The molecule has 0 unspecified atom stereocenters. The Morgan fingerprint density at radius 1 is 1.56 bits per heavy atom. The van der Waals surface area contributed by atoms with Crippen molar-refractivity contribution >= 4 is 50.2 Å². The summed E-state index contributed by atoms with van der Waals surface area (Å²) in [6, 6.07) is 6.03. The molecule has 0 bridgehead atoms. The van der Waals surface area contributed by atoms with Crippen molar-refractivity contribution in [2.24, 2.45) is 0 Å². The van der Waals surface area contributed by atoms with Gasteiger partial charge in [0.2, 0.25) is 0 Å². The fourth-order valence-corrected chi connectivity index (χ4v) is 2.31. The predicted octanol–water partition coefficient (Wildman–Crippen LogP) is 3.98. The van der Waals surface area contributed by atoms with Gasteiger partial charge in [-0.3, -0.25) is 0 Å². The standard InChI is InChI=1S/C13H15BrINO2/c1-3-9(13(17)18-2)6-7-16-12-8-10(14)4-5-11(12)15/h4-6,8,16H,3,7H2,1-2H3/b9-6-. The number of anilines is 1. The molecule has 0 fully saturated rings. The first-order valence-electron chi connectivity index (χ1n) is 5.54. The summed E-state index contributed by atoms with van der Waals surface area (Å²) in [6.45, 7) is 2.54. The van der Waals surface area contributed by atoms with Crippen molar-refractivity contribution in [3.05, 3.63) is 37.9 Å². The van der Waals surface area contributed by atoms with Crippen LogP contribution < -0.4 is 5.32 Å². The van der Waals surface area contributed by atoms with Crippen LogP contribution in [0.25, 0.3) is 0 Å². The molecular weight excluding hydrogens is 409 g/mol. The third kappa shape index (κ3) is 4.61. The van der Waals surface area contributed by atoms with Gasteiger partial charge in [-0.2, -0.15) is 0 Å². The molecular formula is C13H15BrINO2. The molecule has 0 aliphatic carbocycles. The van der Waals surface area contributed by atoms with E-state index in [9.17, 15) is 4.79 Å². The molecule has 0 aromatic heterocycles. The summed E-state index contributed by atoms with van der Waals surface area (Å²) in [5.74, 6) is -0.261. The lowest BCUT2D eigenvalue weighted by Gasteiger charge is -2.08. The van der Waals surface area contributed by atoms with Crippen molar-refractivity contribution in [2.45, 2.75) is 13.3 Å². The molecule has 1 aromatic carbocycles. The third-order valence-electron chi connectivity index (χ3n) is 2.40. The summed E-state index contributed by atoms with van der Waals surface area (Å²) in [5, 5.41) is 3.28. The van der Waals surface area contributed by atoms with Crippen LogP contribution in [0.4, 0.5) is 5.69 Å². The van der Waals surface area contributed by atoms with E-state index in [0.29, 0.717) is 18.5 Å². The summed E-state index contributed by atoms with van der Waals surface area (Å²) in [5.41, 5.74) is 1.73. The molecule has 0 spiro atoms. The van der Waals surface area contributed by atoms with Crippen LogP contribution in [0.15, 0.2) is 34.3 Å². The number of esters is 1. The quantitative estimate of drug-likeness (QED) is 0.442. The number of methoxy groups -OCH3 is 1. The Kier molecular flexibility index (Phi) is 6.70. The molecule has 0 radical (unpaired) electrons. The first-order valence-corrected chi connectivity index (χ1v) is 7.42. The Balaban J connectivity index is 2.67. The highest BCUT2D eigenvalue weighted by Gasteiger charge is 2.06. The van der Waals surface area contributed by atoms with Crippen molar-refractivity contribution in [2.75, 3.05) is 19.0 Å². The van der Waals surface area contributed by atoms with E-state index in [1.165, 1.54) is 7.11 Å². The van der Waals surface area contributed by atoms with E-state index in [1.54, 1.807) is 0 Å². The Morgan fingerprint density at radius 2 is 2.28 bits per heavy atom. The molecule has 0 amide bonds. The highest BCUT2D eigenvalue weighted by atomic mass is 127. The maximum absolute atomic E-state index is 11.4. The highest BCUT2D eigenvalue weighted by Crippen LogP contribution is 2.22. The van der Waals surface area contributed by atoms with Crippen LogP contribution in [-0.2, 0) is 9.53 Å². The van der Waals surface area contributed by atoms with E-state index in [-0.39, 0.29) is 5.97 Å². The number of ether oxygens (including phenoxy) is 1. The van der Waals surface area contributed by atoms with Gasteiger partial charge in [0, 0.05) is 25.8 Å². The smallest absolute Gasteiger partial charge is 0.333 e. The van der Waals surface area contributed by atoms with E-state index < -0.39 is 0 Å². The Hall–Kier alpha value is -0.560. The van der Waals surface area contributed by atoms with Crippen LogP contribution in [0.2, 0.25) is 0 Å². The van der Waals surface area contributed by atoms with Gasteiger partial charge in [0.15, 0.2) is 0 Å². The molecule has 0 saturated carbocycles. The Morgan fingerprint density at radius 3 is 2.89 bits per heavy atom. The molecule has 18 heavy (non-hydrogen) atoms. The number of benzene rings is 1. The van der Waals surface area contributed by atoms with Gasteiger partial charge in [-0.1, -0.05) is 28.9 Å². The lowest BCUT2D eigenvalue weighted by atomic mass is 10.2. The zero-order valence-electron chi connectivity index (χ0n) is 10.3. The monoisotopic (exact) mass is 423 g/mol. The van der Waals surface area contributed by atoms with Gasteiger partial charge in [-0.15, -0.1) is 0 Å². The minimum absolute atomic E-state index is 0.261. The molecule has 1 N–H and O–H groups in total. The van der Waals surface area contributed by atoms with Crippen LogP contribution in [0.1, 0.15) is 13.3 Å². The van der Waals surface area contributed by atoms with E-state index in [4.69, 9.17) is 4.74 Å². The van der Waals surface area contributed by atoms with Crippen molar-refractivity contribution in [1.82, 2.24) is 0 Å². The molecule has 0 heterocycles. The average molecular weight is 424 g/mol. The SMILES string of the molecule is CC/C(=C/CNc1cc(Br)ccc1I)C(=O)OC. The minimum atomic E-state index is -0.261. The maximum Gasteiger partial charge on any atom is 0.333 e. The summed E-state index contributed by atoms with van der Waals surface area (Å²) < 4.78 is 6.87. The largest absolute Gasteiger partial charge is 0.466 e. The zero-order chi connectivity index (χ0) is 13.5. The van der Waals surface area contributed by atoms with Crippen molar-refractivity contribution in [3.8, 4) is 0 Å². The number of rotatable bonds is 5. The summed E-state index contributed by atoms with van der Waals surface area (Å²) >= 11 is 5.70. The molecule has 0 saturated heterocycles. The van der Waals surface area contributed by atoms with Gasteiger partial charge in [-0.25, -0.2) is 4.79 Å². The van der Waals surface area contributed by atoms with Gasteiger partial charge >= 0.3 is 5.97 Å². The van der Waals surface area contributed by atoms with Crippen molar-refractivity contribution < 1.29 is 9.53 Å². The average Bonchev–Trinajstić information content (AvgIpc) is 2.37. The topological polar surface area (TPSA) is 38.3 Å². The summed E-state index contributed by atoms with van der Waals surface area (Å²) in [4.78, 5) is 11.4. The van der Waals surface area contributed by atoms with Crippen LogP contribution in [0.3, 0.4) is 0 Å². The van der Waals surface area contributed by atoms with Crippen LogP contribution in [-0.4, -0.2) is 19.6 Å². The normalized spacial score (nSPS) is 11.2. The number of nitrogens with one attached hydrogen (secondary N) is 1. The maximum atomic E-state index is 11.4. The lowest BCUT2D eigenvalue weighted by molar-refractivity contribution is -0.136. The van der Waals surface area contributed by atoms with Gasteiger partial charge in [0.1, 0.15) is 0 Å².